The molecule has 2 rings (SSSR count). The Hall–Kier alpha value is -2.67. The summed E-state index contributed by atoms with van der Waals surface area (Å²) in [6, 6.07) is 4.20. The molecule has 0 bridgehead atoms. The molecule has 0 unspecified atom stereocenters. The fraction of sp³-hybridized carbons (Fsp3) is 0.350. The van der Waals surface area contributed by atoms with Gasteiger partial charge in [0.25, 0.3) is 0 Å². The largest absolute Gasteiger partial charge is 0.468 e. The van der Waals surface area contributed by atoms with Crippen molar-refractivity contribution in [1.82, 2.24) is 10.0 Å². The number of benzene rings is 2. The van der Waals surface area contributed by atoms with Crippen molar-refractivity contribution in [1.29, 1.82) is 0 Å². The normalized spacial score (nSPS) is 13.4. The monoisotopic (exact) mass is 475 g/mol. The van der Waals surface area contributed by atoms with Crippen molar-refractivity contribution in [3.8, 4) is 11.5 Å². The number of rotatable bonds is 11. The number of hydrogen-bond donors (Lipinski definition) is 3. The zero-order chi connectivity index (χ0) is 23.9. The molecule has 0 fully saturated rings. The summed E-state index contributed by atoms with van der Waals surface area (Å²) in [5, 5.41) is 2.91. The molecule has 0 aliphatic heterocycles. The lowest BCUT2D eigenvalue weighted by Crippen LogP contribution is -2.42. The Morgan fingerprint density at radius 1 is 1.12 bits per heavy atom. The minimum atomic E-state index is -4.49. The second-order valence-corrected chi connectivity index (χ2v) is 8.57. The minimum absolute atomic E-state index is 0.0518. The third kappa shape index (κ3) is 7.19. The number of ether oxygens (including phenoxy) is 2. The van der Waals surface area contributed by atoms with Gasteiger partial charge in [-0.1, -0.05) is 0 Å². The van der Waals surface area contributed by atoms with E-state index in [-0.39, 0.29) is 18.3 Å². The van der Waals surface area contributed by atoms with E-state index in [2.05, 4.69) is 14.8 Å². The number of nitrogens with one attached hydrogen (secondary N) is 2. The first-order valence-corrected chi connectivity index (χ1v) is 11.0. The summed E-state index contributed by atoms with van der Waals surface area (Å²) in [6.45, 7) is 2.12. The van der Waals surface area contributed by atoms with Crippen LogP contribution >= 0.6 is 0 Å². The maximum absolute atomic E-state index is 14.4. The first-order valence-electron chi connectivity index (χ1n) is 9.55. The zero-order valence-electron chi connectivity index (χ0n) is 17.4. The molecular formula is C20H24F3N3O5S. The van der Waals surface area contributed by atoms with Crippen molar-refractivity contribution >= 4 is 16.0 Å². The van der Waals surface area contributed by atoms with Crippen LogP contribution in [0.5, 0.6) is 11.5 Å². The Balaban J connectivity index is 2.20. The van der Waals surface area contributed by atoms with Gasteiger partial charge < -0.3 is 20.5 Å². The van der Waals surface area contributed by atoms with E-state index in [0.29, 0.717) is 25.1 Å². The average molecular weight is 475 g/mol. The molecule has 12 heteroatoms. The van der Waals surface area contributed by atoms with Crippen LogP contribution < -0.4 is 20.5 Å². The van der Waals surface area contributed by atoms with Gasteiger partial charge in [-0.3, -0.25) is 4.79 Å². The molecule has 2 aromatic rings. The first kappa shape index (κ1) is 25.6. The summed E-state index contributed by atoms with van der Waals surface area (Å²) in [5.41, 5.74) is 5.56. The predicted octanol–water partition coefficient (Wildman–Crippen LogP) is 2.39. The molecule has 0 aliphatic carbocycles. The van der Waals surface area contributed by atoms with Crippen molar-refractivity contribution in [2.45, 2.75) is 36.9 Å². The molecule has 0 radical (unpaired) electrons. The molecule has 0 saturated heterocycles. The molecule has 0 amide bonds. The molecule has 4 N–H and O–H groups in total. The van der Waals surface area contributed by atoms with E-state index in [0.717, 1.165) is 31.4 Å². The minimum Gasteiger partial charge on any atom is -0.468 e. The van der Waals surface area contributed by atoms with Gasteiger partial charge in [0.1, 0.15) is 17.6 Å². The number of halogens is 3. The molecule has 0 saturated carbocycles. The first-order chi connectivity index (χ1) is 15.0. The highest BCUT2D eigenvalue weighted by molar-refractivity contribution is 7.89. The molecule has 2 aromatic carbocycles. The smallest absolute Gasteiger partial charge is 0.323 e. The Morgan fingerprint density at radius 3 is 2.25 bits per heavy atom. The maximum Gasteiger partial charge on any atom is 0.323 e. The van der Waals surface area contributed by atoms with Crippen molar-refractivity contribution in [2.75, 3.05) is 13.7 Å². The summed E-state index contributed by atoms with van der Waals surface area (Å²) >= 11 is 0. The molecule has 176 valence electrons. The summed E-state index contributed by atoms with van der Waals surface area (Å²) < 4.78 is 78.9. The van der Waals surface area contributed by atoms with Crippen molar-refractivity contribution in [3.05, 3.63) is 53.8 Å². The highest BCUT2D eigenvalue weighted by Crippen LogP contribution is 2.30. The molecule has 2 atom stereocenters. The van der Waals surface area contributed by atoms with Crippen LogP contribution in [0.2, 0.25) is 0 Å². The highest BCUT2D eigenvalue weighted by Gasteiger charge is 2.28. The number of sulfonamides is 1. The van der Waals surface area contributed by atoms with Crippen LogP contribution in [0, 0.1) is 17.5 Å². The molecule has 8 nitrogen and oxygen atoms in total. The summed E-state index contributed by atoms with van der Waals surface area (Å²) in [5.74, 6) is -4.94. The maximum atomic E-state index is 14.4. The van der Waals surface area contributed by atoms with Crippen molar-refractivity contribution in [3.63, 3.8) is 0 Å². The van der Waals surface area contributed by atoms with Gasteiger partial charge in [0.2, 0.25) is 10.0 Å². The van der Waals surface area contributed by atoms with Gasteiger partial charge in [-0.15, -0.1) is 0 Å². The number of carbonyl (C=O) groups is 1. The van der Waals surface area contributed by atoms with Crippen LogP contribution in [0.3, 0.4) is 0 Å². The Labute approximate surface area is 183 Å². The second-order valence-electron chi connectivity index (χ2n) is 6.85. The Morgan fingerprint density at radius 2 is 1.72 bits per heavy atom. The number of hydrogen-bond acceptors (Lipinski definition) is 7. The van der Waals surface area contributed by atoms with Gasteiger partial charge in [-0.05, 0) is 62.7 Å². The number of methoxy groups -OCH3 is 1. The third-order valence-corrected chi connectivity index (χ3v) is 5.69. The van der Waals surface area contributed by atoms with Crippen LogP contribution in [0.25, 0.3) is 0 Å². The number of esters is 1. The van der Waals surface area contributed by atoms with Gasteiger partial charge in [-0.2, -0.15) is 4.72 Å². The third-order valence-electron chi connectivity index (χ3n) is 4.23. The molecular weight excluding hydrogens is 451 g/mol. The van der Waals surface area contributed by atoms with E-state index in [4.69, 9.17) is 10.5 Å². The fourth-order valence-corrected chi connectivity index (χ4v) is 3.91. The molecule has 0 aromatic heterocycles. The van der Waals surface area contributed by atoms with Gasteiger partial charge in [0.05, 0.1) is 18.2 Å². The van der Waals surface area contributed by atoms with E-state index in [9.17, 15) is 26.4 Å². The molecule has 0 heterocycles. The predicted molar refractivity (Wildman–Crippen MR) is 110 cm³/mol. The van der Waals surface area contributed by atoms with Crippen LogP contribution in [-0.2, 0) is 19.6 Å². The van der Waals surface area contributed by atoms with E-state index >= 15 is 0 Å². The zero-order valence-corrected chi connectivity index (χ0v) is 18.2. The Kier molecular flexibility index (Phi) is 9.01. The number of nitrogens with two attached hydrogens (primary N) is 1. The van der Waals surface area contributed by atoms with E-state index in [1.165, 1.54) is 0 Å². The van der Waals surface area contributed by atoms with Crippen LogP contribution in [0.4, 0.5) is 13.2 Å². The molecule has 0 spiro atoms. The summed E-state index contributed by atoms with van der Waals surface area (Å²) in [7, 11) is -3.40. The quantitative estimate of drug-likeness (QED) is 0.259. The molecule has 32 heavy (non-hydrogen) atoms. The lowest BCUT2D eigenvalue weighted by atomic mass is 10.2. The van der Waals surface area contributed by atoms with Crippen molar-refractivity contribution in [2.24, 2.45) is 5.73 Å². The van der Waals surface area contributed by atoms with Gasteiger partial charge in [0.15, 0.2) is 17.4 Å². The standard InChI is InChI=1S/C20H24F3N3O5S/c1-12(24)25-9-3-4-18(20(27)30-2)26-32(28,29)15-10-16(22)19(17(23)11-15)31-14-7-5-13(21)6-8-14/h5-8,10-12,18,25-26H,3-4,9,24H2,1-2H3/t12-,18+/m0/s1. The number of carbonyl (C=O) groups excluding carboxylic acids is 1. The second kappa shape index (κ2) is 11.3. The van der Waals surface area contributed by atoms with Crippen LogP contribution in [-0.4, -0.2) is 40.2 Å². The van der Waals surface area contributed by atoms with Crippen molar-refractivity contribution < 1.29 is 35.9 Å². The average Bonchev–Trinajstić information content (AvgIpc) is 2.73. The van der Waals surface area contributed by atoms with Gasteiger partial charge >= 0.3 is 5.97 Å². The lowest BCUT2D eigenvalue weighted by molar-refractivity contribution is -0.142. The fourth-order valence-electron chi connectivity index (χ4n) is 2.67. The van der Waals surface area contributed by atoms with E-state index in [1.54, 1.807) is 6.92 Å². The van der Waals surface area contributed by atoms with Gasteiger partial charge in [-0.25, -0.2) is 21.6 Å². The van der Waals surface area contributed by atoms with E-state index < -0.39 is 50.1 Å². The Bertz CT molecular complexity index is 1010. The topological polar surface area (TPSA) is 120 Å². The highest BCUT2D eigenvalue weighted by atomic mass is 32.2. The van der Waals surface area contributed by atoms with E-state index in [1.807, 2.05) is 0 Å². The lowest BCUT2D eigenvalue weighted by Gasteiger charge is -2.18. The SMILES string of the molecule is COC(=O)[C@@H](CCCN[C@@H](C)N)NS(=O)(=O)c1cc(F)c(Oc2ccc(F)cc2)c(F)c1. The van der Waals surface area contributed by atoms with Gasteiger partial charge in [0, 0.05) is 0 Å². The van der Waals surface area contributed by atoms with Crippen LogP contribution in [0.1, 0.15) is 19.8 Å². The van der Waals surface area contributed by atoms with Crippen LogP contribution in [0.15, 0.2) is 41.3 Å². The molecule has 0 aliphatic rings. The summed E-state index contributed by atoms with van der Waals surface area (Å²) in [4.78, 5) is 11.2. The summed E-state index contributed by atoms with van der Waals surface area (Å²) in [6.07, 6.45) is 0.143.